The third kappa shape index (κ3) is 1.95. The zero-order valence-corrected chi connectivity index (χ0v) is 10.8. The van der Waals surface area contributed by atoms with Crippen molar-refractivity contribution in [3.63, 3.8) is 0 Å². The summed E-state index contributed by atoms with van der Waals surface area (Å²) in [5, 5.41) is 1.16. The van der Waals surface area contributed by atoms with Gasteiger partial charge in [0, 0.05) is 17.1 Å². The standard InChI is InChI=1S/C17H15NO/c1-2-13-12-18(16-11-7-6-10-15(13)16)17(19)14-8-4-3-5-9-14/h3-12H,2H2,1H3. The smallest absolute Gasteiger partial charge is 0.262 e. The fraction of sp³-hybridized carbons (Fsp3) is 0.118. The first-order valence-electron chi connectivity index (χ1n) is 6.50. The van der Waals surface area contributed by atoms with E-state index in [1.54, 1.807) is 4.57 Å². The van der Waals surface area contributed by atoms with Crippen LogP contribution >= 0.6 is 0 Å². The van der Waals surface area contributed by atoms with Crippen molar-refractivity contribution in [3.8, 4) is 0 Å². The Morgan fingerprint density at radius 1 is 1.00 bits per heavy atom. The SMILES string of the molecule is CCc1cn(C(=O)c2ccccc2)c2ccccc12. The number of aryl methyl sites for hydroxylation is 1. The van der Waals surface area contributed by atoms with Gasteiger partial charge in [-0.15, -0.1) is 0 Å². The maximum Gasteiger partial charge on any atom is 0.262 e. The second kappa shape index (κ2) is 4.73. The molecule has 3 rings (SSSR count). The van der Waals surface area contributed by atoms with Gasteiger partial charge in [0.2, 0.25) is 0 Å². The number of rotatable bonds is 2. The average molecular weight is 249 g/mol. The Balaban J connectivity index is 2.18. The Morgan fingerprint density at radius 3 is 2.42 bits per heavy atom. The van der Waals surface area contributed by atoms with Gasteiger partial charge in [0.05, 0.1) is 5.52 Å². The number of benzene rings is 2. The van der Waals surface area contributed by atoms with Gasteiger partial charge >= 0.3 is 0 Å². The molecule has 1 aromatic heterocycles. The van der Waals surface area contributed by atoms with Crippen molar-refractivity contribution < 1.29 is 4.79 Å². The minimum Gasteiger partial charge on any atom is -0.283 e. The van der Waals surface area contributed by atoms with Gasteiger partial charge < -0.3 is 0 Å². The van der Waals surface area contributed by atoms with E-state index in [4.69, 9.17) is 0 Å². The lowest BCUT2D eigenvalue weighted by atomic mass is 10.1. The minimum absolute atomic E-state index is 0.0245. The number of aromatic nitrogens is 1. The molecule has 0 radical (unpaired) electrons. The first-order valence-corrected chi connectivity index (χ1v) is 6.50. The molecule has 2 nitrogen and oxygen atoms in total. The van der Waals surface area contributed by atoms with E-state index in [0.717, 1.165) is 17.3 Å². The molecule has 0 atom stereocenters. The molecule has 94 valence electrons. The minimum atomic E-state index is 0.0245. The summed E-state index contributed by atoms with van der Waals surface area (Å²) in [6.45, 7) is 2.11. The molecule has 0 fully saturated rings. The topological polar surface area (TPSA) is 22.0 Å². The van der Waals surface area contributed by atoms with Crippen LogP contribution in [0.25, 0.3) is 10.9 Å². The van der Waals surface area contributed by atoms with Crippen LogP contribution in [-0.4, -0.2) is 10.5 Å². The summed E-state index contributed by atoms with van der Waals surface area (Å²) in [7, 11) is 0. The van der Waals surface area contributed by atoms with Crippen molar-refractivity contribution in [1.82, 2.24) is 4.57 Å². The maximum absolute atomic E-state index is 12.6. The van der Waals surface area contributed by atoms with Crippen molar-refractivity contribution in [2.75, 3.05) is 0 Å². The number of carbonyl (C=O) groups is 1. The lowest BCUT2D eigenvalue weighted by molar-refractivity contribution is 0.0965. The third-order valence-corrected chi connectivity index (χ3v) is 3.41. The molecule has 0 saturated heterocycles. The predicted molar refractivity (Wildman–Crippen MR) is 77.5 cm³/mol. The third-order valence-electron chi connectivity index (χ3n) is 3.41. The van der Waals surface area contributed by atoms with Crippen LogP contribution in [0.4, 0.5) is 0 Å². The highest BCUT2D eigenvalue weighted by molar-refractivity contribution is 6.02. The second-order valence-electron chi connectivity index (χ2n) is 4.57. The summed E-state index contributed by atoms with van der Waals surface area (Å²) in [5.41, 5.74) is 2.90. The van der Waals surface area contributed by atoms with Crippen LogP contribution in [0.3, 0.4) is 0 Å². The summed E-state index contributed by atoms with van der Waals surface area (Å²) in [6, 6.07) is 17.4. The van der Waals surface area contributed by atoms with E-state index in [2.05, 4.69) is 13.0 Å². The van der Waals surface area contributed by atoms with Gasteiger partial charge in [0.15, 0.2) is 0 Å². The van der Waals surface area contributed by atoms with Crippen LogP contribution in [-0.2, 0) is 6.42 Å². The van der Waals surface area contributed by atoms with Gasteiger partial charge in [-0.05, 0) is 30.2 Å². The summed E-state index contributed by atoms with van der Waals surface area (Å²) < 4.78 is 1.75. The van der Waals surface area contributed by atoms with Crippen LogP contribution < -0.4 is 0 Å². The van der Waals surface area contributed by atoms with Gasteiger partial charge in [0.1, 0.15) is 0 Å². The zero-order chi connectivity index (χ0) is 13.2. The van der Waals surface area contributed by atoms with Crippen molar-refractivity contribution >= 4 is 16.8 Å². The molecule has 0 bridgehead atoms. The Labute approximate surface area is 112 Å². The average Bonchev–Trinajstić information content (AvgIpc) is 2.86. The molecule has 2 heteroatoms. The van der Waals surface area contributed by atoms with Gasteiger partial charge in [-0.2, -0.15) is 0 Å². The van der Waals surface area contributed by atoms with E-state index in [9.17, 15) is 4.79 Å². The molecule has 3 aromatic rings. The number of nitrogens with zero attached hydrogens (tertiary/aromatic N) is 1. The van der Waals surface area contributed by atoms with Crippen LogP contribution in [0.1, 0.15) is 22.8 Å². The largest absolute Gasteiger partial charge is 0.283 e. The first kappa shape index (κ1) is 11.7. The molecule has 0 aliphatic rings. The highest BCUT2D eigenvalue weighted by Gasteiger charge is 2.13. The Kier molecular flexibility index (Phi) is 2.92. The fourth-order valence-electron chi connectivity index (χ4n) is 2.42. The summed E-state index contributed by atoms with van der Waals surface area (Å²) >= 11 is 0. The molecule has 0 aliphatic heterocycles. The number of fused-ring (bicyclic) bond motifs is 1. The number of para-hydroxylation sites is 1. The highest BCUT2D eigenvalue weighted by atomic mass is 16.2. The van der Waals surface area contributed by atoms with E-state index < -0.39 is 0 Å². The van der Waals surface area contributed by atoms with E-state index >= 15 is 0 Å². The quantitative estimate of drug-likeness (QED) is 0.675. The Morgan fingerprint density at radius 2 is 1.68 bits per heavy atom. The molecule has 0 N–H and O–H groups in total. The maximum atomic E-state index is 12.6. The highest BCUT2D eigenvalue weighted by Crippen LogP contribution is 2.22. The van der Waals surface area contributed by atoms with Crippen LogP contribution in [0.15, 0.2) is 60.8 Å². The van der Waals surface area contributed by atoms with Crippen molar-refractivity contribution in [2.45, 2.75) is 13.3 Å². The van der Waals surface area contributed by atoms with Gasteiger partial charge in [-0.1, -0.05) is 43.3 Å². The normalized spacial score (nSPS) is 10.8. The van der Waals surface area contributed by atoms with Gasteiger partial charge in [-0.25, -0.2) is 0 Å². The van der Waals surface area contributed by atoms with Crippen molar-refractivity contribution in [3.05, 3.63) is 71.9 Å². The van der Waals surface area contributed by atoms with E-state index in [1.807, 2.05) is 54.7 Å². The summed E-state index contributed by atoms with van der Waals surface area (Å²) in [6.07, 6.45) is 2.88. The molecule has 0 amide bonds. The summed E-state index contributed by atoms with van der Waals surface area (Å²) in [5.74, 6) is 0.0245. The predicted octanol–water partition coefficient (Wildman–Crippen LogP) is 3.89. The number of hydrogen-bond acceptors (Lipinski definition) is 1. The monoisotopic (exact) mass is 249 g/mol. The molecular formula is C17H15NO. The molecule has 0 saturated carbocycles. The lowest BCUT2D eigenvalue weighted by Gasteiger charge is -2.03. The van der Waals surface area contributed by atoms with Crippen molar-refractivity contribution in [2.24, 2.45) is 0 Å². The van der Waals surface area contributed by atoms with Crippen molar-refractivity contribution in [1.29, 1.82) is 0 Å². The van der Waals surface area contributed by atoms with Crippen LogP contribution in [0, 0.1) is 0 Å². The van der Waals surface area contributed by atoms with E-state index in [1.165, 1.54) is 5.56 Å². The van der Waals surface area contributed by atoms with E-state index in [0.29, 0.717) is 5.56 Å². The van der Waals surface area contributed by atoms with Gasteiger partial charge in [-0.3, -0.25) is 9.36 Å². The van der Waals surface area contributed by atoms with Gasteiger partial charge in [0.25, 0.3) is 5.91 Å². The zero-order valence-electron chi connectivity index (χ0n) is 10.8. The molecule has 0 aliphatic carbocycles. The van der Waals surface area contributed by atoms with E-state index in [-0.39, 0.29) is 5.91 Å². The Bertz CT molecular complexity index is 725. The lowest BCUT2D eigenvalue weighted by Crippen LogP contribution is -2.10. The second-order valence-corrected chi connectivity index (χ2v) is 4.57. The molecule has 0 spiro atoms. The fourth-order valence-corrected chi connectivity index (χ4v) is 2.42. The first-order chi connectivity index (χ1) is 9.31. The van der Waals surface area contributed by atoms with Crippen LogP contribution in [0.2, 0.25) is 0 Å². The molecule has 19 heavy (non-hydrogen) atoms. The Hall–Kier alpha value is -2.35. The molecule has 0 unspecified atom stereocenters. The molecule has 2 aromatic carbocycles. The number of carbonyl (C=O) groups excluding carboxylic acids is 1. The number of hydrogen-bond donors (Lipinski definition) is 0. The van der Waals surface area contributed by atoms with Crippen LogP contribution in [0.5, 0.6) is 0 Å². The molecular weight excluding hydrogens is 234 g/mol. The molecule has 1 heterocycles. The summed E-state index contributed by atoms with van der Waals surface area (Å²) in [4.78, 5) is 12.6.